The predicted octanol–water partition coefficient (Wildman–Crippen LogP) is 2.82. The molecule has 2 aromatic heterocycles. The van der Waals surface area contributed by atoms with E-state index in [0.29, 0.717) is 22.5 Å². The van der Waals surface area contributed by atoms with E-state index in [1.165, 1.54) is 24.4 Å². The van der Waals surface area contributed by atoms with E-state index in [4.69, 9.17) is 0 Å². The second-order valence-corrected chi connectivity index (χ2v) is 5.54. The maximum absolute atomic E-state index is 12.5. The van der Waals surface area contributed by atoms with Crippen molar-refractivity contribution in [1.82, 2.24) is 14.6 Å². The minimum atomic E-state index is -0.473. The lowest BCUT2D eigenvalue weighted by atomic mass is 10.1. The number of aromatic nitrogens is 3. The maximum atomic E-state index is 12.5. The lowest BCUT2D eigenvalue weighted by molar-refractivity contribution is -0.384. The van der Waals surface area contributed by atoms with Gasteiger partial charge in [-0.1, -0.05) is 0 Å². The molecule has 0 saturated heterocycles. The largest absolute Gasteiger partial charge is 0.322 e. The number of amides is 1. The number of nitrogens with zero attached hydrogens (tertiary/aromatic N) is 4. The SMILES string of the molecule is Cc1cc(C)n2ncc(C(=O)Nc3ccc([N+](=O)[O-])cc3C)c2n1. The molecule has 0 spiro atoms. The number of hydrogen-bond donors (Lipinski definition) is 1. The second-order valence-electron chi connectivity index (χ2n) is 5.54. The van der Waals surface area contributed by atoms with Crippen molar-refractivity contribution < 1.29 is 9.72 Å². The van der Waals surface area contributed by atoms with Crippen molar-refractivity contribution in [2.24, 2.45) is 0 Å². The Balaban J connectivity index is 1.95. The molecule has 0 atom stereocenters. The van der Waals surface area contributed by atoms with E-state index in [1.54, 1.807) is 11.4 Å². The molecule has 0 radical (unpaired) electrons. The van der Waals surface area contributed by atoms with Gasteiger partial charge in [0.15, 0.2) is 5.65 Å². The molecule has 0 bridgehead atoms. The lowest BCUT2D eigenvalue weighted by Gasteiger charge is -2.07. The Hall–Kier alpha value is -3.29. The van der Waals surface area contributed by atoms with Crippen LogP contribution in [0, 0.1) is 30.9 Å². The summed E-state index contributed by atoms with van der Waals surface area (Å²) in [5.41, 5.74) is 3.59. The topological polar surface area (TPSA) is 102 Å². The van der Waals surface area contributed by atoms with Gasteiger partial charge in [0.2, 0.25) is 0 Å². The van der Waals surface area contributed by atoms with Crippen LogP contribution in [0.1, 0.15) is 27.3 Å². The fourth-order valence-electron chi connectivity index (χ4n) is 2.52. The molecule has 0 aliphatic carbocycles. The first-order valence-corrected chi connectivity index (χ1v) is 7.25. The van der Waals surface area contributed by atoms with Gasteiger partial charge in [-0.2, -0.15) is 5.10 Å². The number of anilines is 1. The molecule has 0 fully saturated rings. The van der Waals surface area contributed by atoms with Gasteiger partial charge in [-0.05, 0) is 38.5 Å². The number of benzene rings is 1. The van der Waals surface area contributed by atoms with Crippen molar-refractivity contribution in [2.45, 2.75) is 20.8 Å². The molecule has 8 heteroatoms. The first-order chi connectivity index (χ1) is 11.4. The number of non-ortho nitro benzene ring substituents is 1. The second kappa shape index (κ2) is 5.73. The Morgan fingerprint density at radius 3 is 2.67 bits per heavy atom. The van der Waals surface area contributed by atoms with E-state index in [2.05, 4.69) is 15.4 Å². The van der Waals surface area contributed by atoms with Crippen LogP contribution in [0.5, 0.6) is 0 Å². The van der Waals surface area contributed by atoms with Crippen LogP contribution in [0.3, 0.4) is 0 Å². The molecule has 0 saturated carbocycles. The number of carbonyl (C=O) groups is 1. The van der Waals surface area contributed by atoms with Crippen molar-refractivity contribution in [3.8, 4) is 0 Å². The zero-order valence-electron chi connectivity index (χ0n) is 13.4. The summed E-state index contributed by atoms with van der Waals surface area (Å²) in [6.07, 6.45) is 1.46. The van der Waals surface area contributed by atoms with Gasteiger partial charge in [-0.25, -0.2) is 9.50 Å². The molecule has 24 heavy (non-hydrogen) atoms. The highest BCUT2D eigenvalue weighted by atomic mass is 16.6. The summed E-state index contributed by atoms with van der Waals surface area (Å²) in [5, 5.41) is 17.7. The number of nitro benzene ring substituents is 1. The lowest BCUT2D eigenvalue weighted by Crippen LogP contribution is -2.13. The third-order valence-electron chi connectivity index (χ3n) is 3.69. The zero-order chi connectivity index (χ0) is 17.4. The highest BCUT2D eigenvalue weighted by molar-refractivity contribution is 6.08. The van der Waals surface area contributed by atoms with Gasteiger partial charge in [0.25, 0.3) is 11.6 Å². The molecule has 1 aromatic carbocycles. The van der Waals surface area contributed by atoms with Crippen LogP contribution >= 0.6 is 0 Å². The molecule has 3 rings (SSSR count). The fraction of sp³-hybridized carbons (Fsp3) is 0.188. The zero-order valence-corrected chi connectivity index (χ0v) is 13.4. The molecule has 0 unspecified atom stereocenters. The van der Waals surface area contributed by atoms with Crippen LogP contribution in [0.2, 0.25) is 0 Å². The molecule has 3 aromatic rings. The molecule has 0 aliphatic heterocycles. The summed E-state index contributed by atoms with van der Waals surface area (Å²) in [5.74, 6) is -0.362. The van der Waals surface area contributed by atoms with Crippen LogP contribution in [0.25, 0.3) is 5.65 Å². The Labute approximate surface area is 137 Å². The number of aryl methyl sites for hydroxylation is 3. The van der Waals surface area contributed by atoms with Crippen LogP contribution in [0.15, 0.2) is 30.5 Å². The van der Waals surface area contributed by atoms with Crippen molar-refractivity contribution in [1.29, 1.82) is 0 Å². The number of fused-ring (bicyclic) bond motifs is 1. The summed E-state index contributed by atoms with van der Waals surface area (Å²) in [6.45, 7) is 5.43. The Morgan fingerprint density at radius 2 is 2.00 bits per heavy atom. The summed E-state index contributed by atoms with van der Waals surface area (Å²) >= 11 is 0. The highest BCUT2D eigenvalue weighted by Crippen LogP contribution is 2.22. The van der Waals surface area contributed by atoms with E-state index < -0.39 is 4.92 Å². The van der Waals surface area contributed by atoms with E-state index >= 15 is 0 Å². The molecule has 1 amide bonds. The first-order valence-electron chi connectivity index (χ1n) is 7.25. The maximum Gasteiger partial charge on any atom is 0.269 e. The molecule has 122 valence electrons. The van der Waals surface area contributed by atoms with Crippen LogP contribution in [0.4, 0.5) is 11.4 Å². The number of rotatable bonds is 3. The van der Waals surface area contributed by atoms with Gasteiger partial charge >= 0.3 is 0 Å². The predicted molar refractivity (Wildman–Crippen MR) is 88.2 cm³/mol. The van der Waals surface area contributed by atoms with E-state index in [0.717, 1.165) is 11.4 Å². The summed E-state index contributed by atoms with van der Waals surface area (Å²) in [4.78, 5) is 27.2. The molecule has 1 N–H and O–H groups in total. The third kappa shape index (κ3) is 2.69. The first kappa shape index (κ1) is 15.6. The fourth-order valence-corrected chi connectivity index (χ4v) is 2.52. The normalized spacial score (nSPS) is 10.8. The van der Waals surface area contributed by atoms with Gasteiger partial charge in [-0.3, -0.25) is 14.9 Å². The minimum Gasteiger partial charge on any atom is -0.322 e. The summed E-state index contributed by atoms with van der Waals surface area (Å²) in [6, 6.07) is 6.16. The molecule has 8 nitrogen and oxygen atoms in total. The van der Waals surface area contributed by atoms with Gasteiger partial charge < -0.3 is 5.32 Å². The molecular weight excluding hydrogens is 310 g/mol. The number of hydrogen-bond acceptors (Lipinski definition) is 5. The smallest absolute Gasteiger partial charge is 0.269 e. The molecule has 0 aliphatic rings. The quantitative estimate of drug-likeness (QED) is 0.589. The Kier molecular flexibility index (Phi) is 3.72. The number of nitro groups is 1. The van der Waals surface area contributed by atoms with Crippen molar-refractivity contribution in [3.63, 3.8) is 0 Å². The van der Waals surface area contributed by atoms with Gasteiger partial charge in [0.05, 0.1) is 11.1 Å². The Morgan fingerprint density at radius 1 is 1.25 bits per heavy atom. The van der Waals surface area contributed by atoms with Gasteiger partial charge in [0, 0.05) is 29.2 Å². The van der Waals surface area contributed by atoms with E-state index in [1.807, 2.05) is 19.9 Å². The number of nitrogens with one attached hydrogen (secondary N) is 1. The average molecular weight is 325 g/mol. The van der Waals surface area contributed by atoms with E-state index in [-0.39, 0.29) is 11.6 Å². The van der Waals surface area contributed by atoms with Crippen molar-refractivity contribution in [2.75, 3.05) is 5.32 Å². The molecule has 2 heterocycles. The third-order valence-corrected chi connectivity index (χ3v) is 3.69. The summed E-state index contributed by atoms with van der Waals surface area (Å²) < 4.78 is 1.60. The standard InChI is InChI=1S/C16H15N5O3/c1-9-6-12(21(23)24)4-5-14(9)19-16(22)13-8-17-20-11(3)7-10(2)18-15(13)20/h4-8H,1-3H3,(H,19,22). The van der Waals surface area contributed by atoms with Crippen LogP contribution in [-0.2, 0) is 0 Å². The minimum absolute atomic E-state index is 0.0191. The average Bonchev–Trinajstić information content (AvgIpc) is 2.93. The van der Waals surface area contributed by atoms with Crippen LogP contribution < -0.4 is 5.32 Å². The number of carbonyl (C=O) groups excluding carboxylic acids is 1. The Bertz CT molecular complexity index is 977. The highest BCUT2D eigenvalue weighted by Gasteiger charge is 2.17. The monoisotopic (exact) mass is 325 g/mol. The van der Waals surface area contributed by atoms with Crippen molar-refractivity contribution >= 4 is 22.9 Å². The van der Waals surface area contributed by atoms with Gasteiger partial charge in [0.1, 0.15) is 5.56 Å². The van der Waals surface area contributed by atoms with Gasteiger partial charge in [-0.15, -0.1) is 0 Å². The molecular formula is C16H15N5O3. The van der Waals surface area contributed by atoms with Crippen molar-refractivity contribution in [3.05, 3.63) is 63.1 Å². The van der Waals surface area contributed by atoms with E-state index in [9.17, 15) is 14.9 Å². The summed E-state index contributed by atoms with van der Waals surface area (Å²) in [7, 11) is 0. The van der Waals surface area contributed by atoms with Crippen LogP contribution in [-0.4, -0.2) is 25.4 Å².